The van der Waals surface area contributed by atoms with Gasteiger partial charge in [0.15, 0.2) is 6.29 Å². The van der Waals surface area contributed by atoms with Crippen LogP contribution in [0.4, 0.5) is 0 Å². The highest BCUT2D eigenvalue weighted by Crippen LogP contribution is 2.77. The van der Waals surface area contributed by atoms with Gasteiger partial charge in [0.1, 0.15) is 18.3 Å². The molecule has 0 radical (unpaired) electrons. The molecule has 4 saturated carbocycles. The number of H-pyrrole nitrogens is 1. The molecule has 1 aromatic rings. The molecular weight excluding hydrogens is 849 g/mol. The first kappa shape index (κ1) is 48.5. The van der Waals surface area contributed by atoms with Crippen LogP contribution in [0.2, 0.25) is 0 Å². The maximum atomic E-state index is 14.4. The number of aromatic amines is 1. The Hall–Kier alpha value is -2.51. The van der Waals surface area contributed by atoms with Crippen LogP contribution in [0.25, 0.3) is 0 Å². The van der Waals surface area contributed by atoms with Gasteiger partial charge < -0.3 is 65.9 Å². The molecule has 0 bridgehead atoms. The number of allylic oxidation sites excluding steroid dienone is 2. The van der Waals surface area contributed by atoms with Crippen molar-refractivity contribution < 1.29 is 59.9 Å². The number of carbonyl (C=O) groups is 2. The van der Waals surface area contributed by atoms with Crippen molar-refractivity contribution in [1.29, 1.82) is 0 Å². The number of ether oxygens (including phenoxy) is 2. The van der Waals surface area contributed by atoms with Crippen molar-refractivity contribution in [3.8, 4) is 0 Å². The molecule has 19 unspecified atom stereocenters. The van der Waals surface area contributed by atoms with Crippen LogP contribution in [0, 0.1) is 68.0 Å². The number of hydrogen-bond donors (Lipinski definition) is 11. The summed E-state index contributed by atoms with van der Waals surface area (Å²) < 4.78 is 12.5. The van der Waals surface area contributed by atoms with Gasteiger partial charge in [0, 0.05) is 47.9 Å². The number of carbonyl (C=O) groups excluding carboxylic acids is 1. The summed E-state index contributed by atoms with van der Waals surface area (Å²) in [4.78, 5) is 35.7. The molecule has 11 N–H and O–H groups in total. The van der Waals surface area contributed by atoms with Crippen LogP contribution >= 0.6 is 0 Å². The molecule has 8 aliphatic rings. The van der Waals surface area contributed by atoms with Gasteiger partial charge in [-0.15, -0.1) is 0 Å². The number of carboxylic acid groups (broad SMARTS) is 1. The number of carboxylic acids is 1. The average molecular weight is 927 g/mol. The molecule has 0 spiro atoms. The Morgan fingerprint density at radius 3 is 2.29 bits per heavy atom. The van der Waals surface area contributed by atoms with Gasteiger partial charge in [0.05, 0.1) is 37.2 Å². The topological polar surface area (TPSA) is 267 Å². The lowest BCUT2D eigenvalue weighted by atomic mass is 9.31. The van der Waals surface area contributed by atoms with Crippen LogP contribution in [0.1, 0.15) is 117 Å². The van der Waals surface area contributed by atoms with Gasteiger partial charge in [-0.3, -0.25) is 9.59 Å². The maximum Gasteiger partial charge on any atom is 0.310 e. The Balaban J connectivity index is 1.19. The van der Waals surface area contributed by atoms with Crippen LogP contribution in [-0.2, 0) is 24.5 Å². The summed E-state index contributed by atoms with van der Waals surface area (Å²) in [5.74, 6) is -3.00. The molecule has 5 aliphatic carbocycles. The van der Waals surface area contributed by atoms with E-state index in [9.17, 15) is 50.4 Å². The summed E-state index contributed by atoms with van der Waals surface area (Å²) in [6.45, 7) is 11.6. The van der Waals surface area contributed by atoms with Crippen LogP contribution in [-0.4, -0.2) is 145 Å². The molecule has 66 heavy (non-hydrogen) atoms. The van der Waals surface area contributed by atoms with Crippen LogP contribution < -0.4 is 10.6 Å². The first-order valence-corrected chi connectivity index (χ1v) is 25.0. The van der Waals surface area contributed by atoms with Gasteiger partial charge >= 0.3 is 5.97 Å². The van der Waals surface area contributed by atoms with E-state index >= 15 is 0 Å². The van der Waals surface area contributed by atoms with Crippen LogP contribution in [0.3, 0.4) is 0 Å². The average Bonchev–Trinajstić information content (AvgIpc) is 3.96. The summed E-state index contributed by atoms with van der Waals surface area (Å²) in [6.07, 6.45) is 4.50. The Bertz CT molecular complexity index is 2000. The Kier molecular flexibility index (Phi) is 12.6. The number of nitrogens with zero attached hydrogens (tertiary/aromatic N) is 1. The standard InChI is InChI=1S/C50H78N4O12/c1-44(24-56)11-13-49(43(63)64)14-12-46(3)29(31(49)21-44)6-7-34-47(46,4)10-8-33-45(2,25-57)40(66-42-38(61)37(60)32(58)23-65-42)36(59)30(48(33,34)5)20-28-27(9-19-55)41(62)54-39(28)50(15-17-51-18-16-50)35-22-52-26-53-35/h6,22,26-28,30-34,36-40,42,51,55-61H,7-21,23-25H2,1-5H3,(H,52,53)(H,54,62)(H,63,64). The van der Waals surface area contributed by atoms with E-state index in [-0.39, 0.29) is 68.5 Å². The summed E-state index contributed by atoms with van der Waals surface area (Å²) in [6, 6.07) is -0.385. The summed E-state index contributed by atoms with van der Waals surface area (Å²) in [7, 11) is 0. The number of aliphatic hydroxyl groups excluding tert-OH is 7. The number of nitrogens with one attached hydrogen (secondary N) is 3. The minimum Gasteiger partial charge on any atom is -0.481 e. The van der Waals surface area contributed by atoms with Gasteiger partial charge in [-0.25, -0.2) is 4.98 Å². The van der Waals surface area contributed by atoms with E-state index in [0.29, 0.717) is 51.4 Å². The number of imidazole rings is 1. The molecule has 19 atom stereocenters. The van der Waals surface area contributed by atoms with Gasteiger partial charge in [-0.1, -0.05) is 46.3 Å². The van der Waals surface area contributed by atoms with Gasteiger partial charge in [-0.2, -0.15) is 0 Å². The van der Waals surface area contributed by atoms with E-state index in [0.717, 1.165) is 38.0 Å². The first-order chi connectivity index (χ1) is 31.2. The molecule has 370 valence electrons. The lowest BCUT2D eigenvalue weighted by Crippen LogP contribution is -2.72. The van der Waals surface area contributed by atoms with Crippen molar-refractivity contribution in [1.82, 2.24) is 20.6 Å². The molecular formula is C50H78N4O12. The fraction of sp³-hybridized carbons (Fsp3) is 0.860. The Morgan fingerprint density at radius 1 is 0.909 bits per heavy atom. The van der Waals surface area contributed by atoms with Crippen LogP contribution in [0.15, 0.2) is 24.2 Å². The van der Waals surface area contributed by atoms with Gasteiger partial charge in [0.25, 0.3) is 0 Å². The van der Waals surface area contributed by atoms with Gasteiger partial charge in [-0.05, 0) is 141 Å². The van der Waals surface area contributed by atoms with Crippen molar-refractivity contribution in [3.05, 3.63) is 29.9 Å². The number of amides is 1. The second-order valence-electron chi connectivity index (χ2n) is 23.8. The van der Waals surface area contributed by atoms with Crippen molar-refractivity contribution in [3.63, 3.8) is 0 Å². The van der Waals surface area contributed by atoms with Gasteiger partial charge in [0.2, 0.25) is 5.91 Å². The zero-order valence-corrected chi connectivity index (χ0v) is 39.6. The normalized spacial score (nSPS) is 50.0. The predicted octanol–water partition coefficient (Wildman–Crippen LogP) is 2.39. The molecule has 3 aliphatic heterocycles. The zero-order chi connectivity index (χ0) is 47.4. The second-order valence-corrected chi connectivity index (χ2v) is 23.8. The maximum absolute atomic E-state index is 14.4. The summed E-state index contributed by atoms with van der Waals surface area (Å²) >= 11 is 0. The number of rotatable bonds is 11. The number of fused-ring (bicyclic) bond motifs is 7. The smallest absolute Gasteiger partial charge is 0.310 e. The lowest BCUT2D eigenvalue weighted by molar-refractivity contribution is -0.340. The third-order valence-corrected chi connectivity index (χ3v) is 21.2. The number of aliphatic hydroxyl groups is 7. The monoisotopic (exact) mass is 927 g/mol. The molecule has 0 aromatic carbocycles. The fourth-order valence-electron chi connectivity index (χ4n) is 17.1. The zero-order valence-electron chi connectivity index (χ0n) is 39.6. The van der Waals surface area contributed by atoms with E-state index in [2.05, 4.69) is 54.4 Å². The van der Waals surface area contributed by atoms with Crippen LogP contribution in [0.5, 0.6) is 0 Å². The van der Waals surface area contributed by atoms with Crippen molar-refractivity contribution in [2.45, 2.75) is 160 Å². The Labute approximate surface area is 388 Å². The molecule has 7 fully saturated rings. The van der Waals surface area contributed by atoms with Crippen molar-refractivity contribution in [2.75, 3.05) is 39.5 Å². The quantitative estimate of drug-likeness (QED) is 0.113. The highest BCUT2D eigenvalue weighted by molar-refractivity contribution is 5.82. The first-order valence-electron chi connectivity index (χ1n) is 25.0. The largest absolute Gasteiger partial charge is 0.481 e. The lowest BCUT2D eigenvalue weighted by Gasteiger charge is -2.73. The molecule has 1 aromatic heterocycles. The Morgan fingerprint density at radius 2 is 1.64 bits per heavy atom. The van der Waals surface area contributed by atoms with Crippen molar-refractivity contribution in [2.24, 2.45) is 68.0 Å². The second kappa shape index (κ2) is 17.1. The van der Waals surface area contributed by atoms with E-state index in [1.807, 2.05) is 13.1 Å². The third kappa shape index (κ3) is 6.83. The number of hydrogen-bond acceptors (Lipinski definition) is 13. The van der Waals surface area contributed by atoms with E-state index < -0.39 is 92.5 Å². The predicted molar refractivity (Wildman–Crippen MR) is 240 cm³/mol. The van der Waals surface area contributed by atoms with Crippen molar-refractivity contribution >= 4 is 11.9 Å². The number of aromatic nitrogens is 2. The fourth-order valence-corrected chi connectivity index (χ4v) is 17.1. The molecule has 16 heteroatoms. The van der Waals surface area contributed by atoms with E-state index in [4.69, 9.17) is 9.47 Å². The summed E-state index contributed by atoms with van der Waals surface area (Å²) in [5, 5.41) is 96.8. The molecule has 9 rings (SSSR count). The molecule has 3 saturated heterocycles. The van der Waals surface area contributed by atoms with E-state index in [1.165, 1.54) is 5.57 Å². The molecule has 1 amide bonds. The SMILES string of the molecule is CC1(CO)CCC2(C(=O)O)CCC3(C)C(=CCC4C5(C)C(CC6C(CCO)C(=O)NC6C6(c7cnc[nH]7)CCNCC6)C(O)C(OC6OCC(O)C(O)C6O)C(C)(CO)C5CCC43C)C2C1. The number of aliphatic carboxylic acids is 1. The number of piperidine rings is 1. The highest BCUT2D eigenvalue weighted by atomic mass is 16.7. The molecule has 16 nitrogen and oxygen atoms in total. The minimum atomic E-state index is -1.63. The summed E-state index contributed by atoms with van der Waals surface area (Å²) in [5.41, 5.74) is -2.39. The minimum absolute atomic E-state index is 0.0111. The third-order valence-electron chi connectivity index (χ3n) is 21.2. The van der Waals surface area contributed by atoms with E-state index in [1.54, 1.807) is 6.33 Å². The highest BCUT2D eigenvalue weighted by Gasteiger charge is 2.74. The molecule has 4 heterocycles.